The van der Waals surface area contributed by atoms with Crippen molar-refractivity contribution in [2.75, 3.05) is 13.1 Å². The largest absolute Gasteiger partial charge is 0.294 e. The van der Waals surface area contributed by atoms with Crippen molar-refractivity contribution in [2.45, 2.75) is 25.7 Å². The second-order valence-corrected chi connectivity index (χ2v) is 9.45. The molecular formula is C22H20Cl3N3OS. The molecule has 1 aliphatic heterocycles. The predicted octanol–water partition coefficient (Wildman–Crippen LogP) is 6.96. The average Bonchev–Trinajstić information content (AvgIpc) is 3.00. The number of hydrazine groups is 1. The Hall–Kier alpha value is -1.63. The van der Waals surface area contributed by atoms with Crippen molar-refractivity contribution in [2.24, 2.45) is 0 Å². The molecule has 4 nitrogen and oxygen atoms in total. The Morgan fingerprint density at radius 3 is 2.27 bits per heavy atom. The van der Waals surface area contributed by atoms with Crippen LogP contribution in [0.5, 0.6) is 0 Å². The third kappa shape index (κ3) is 4.98. The molecule has 3 aromatic rings. The normalized spacial score (nSPS) is 15.0. The zero-order valence-electron chi connectivity index (χ0n) is 16.1. The number of carbonyl (C=O) groups is 1. The molecule has 0 saturated carbocycles. The van der Waals surface area contributed by atoms with Gasteiger partial charge in [-0.15, -0.1) is 11.3 Å². The first-order valence-corrected chi connectivity index (χ1v) is 11.7. The Kier molecular flexibility index (Phi) is 6.96. The van der Waals surface area contributed by atoms with Gasteiger partial charge in [-0.2, -0.15) is 0 Å². The van der Waals surface area contributed by atoms with E-state index < -0.39 is 0 Å². The van der Waals surface area contributed by atoms with Gasteiger partial charge in [0.2, 0.25) is 0 Å². The van der Waals surface area contributed by atoms with Crippen LogP contribution in [0.15, 0.2) is 42.5 Å². The van der Waals surface area contributed by atoms with E-state index in [-0.39, 0.29) is 5.91 Å². The lowest BCUT2D eigenvalue weighted by molar-refractivity contribution is 0.0794. The summed E-state index contributed by atoms with van der Waals surface area (Å²) in [5.74, 6) is -0.201. The van der Waals surface area contributed by atoms with Crippen LogP contribution >= 0.6 is 46.1 Å². The highest BCUT2D eigenvalue weighted by molar-refractivity contribution is 7.17. The van der Waals surface area contributed by atoms with E-state index in [1.54, 1.807) is 12.1 Å². The molecule has 1 aromatic heterocycles. The van der Waals surface area contributed by atoms with Gasteiger partial charge in [0.15, 0.2) is 5.01 Å². The molecular weight excluding hydrogens is 461 g/mol. The quantitative estimate of drug-likeness (QED) is 0.439. The van der Waals surface area contributed by atoms with E-state index in [0.29, 0.717) is 25.8 Å². The molecule has 0 atom stereocenters. The molecule has 1 fully saturated rings. The van der Waals surface area contributed by atoms with Crippen LogP contribution < -0.4 is 5.43 Å². The highest BCUT2D eigenvalue weighted by atomic mass is 35.5. The van der Waals surface area contributed by atoms with Crippen molar-refractivity contribution in [1.82, 2.24) is 15.4 Å². The summed E-state index contributed by atoms with van der Waals surface area (Å²) in [6, 6.07) is 12.8. The minimum atomic E-state index is -0.201. The zero-order valence-corrected chi connectivity index (χ0v) is 19.2. The summed E-state index contributed by atoms with van der Waals surface area (Å²) in [5, 5.41) is 4.07. The van der Waals surface area contributed by atoms with E-state index in [1.165, 1.54) is 24.2 Å². The fraction of sp³-hybridized carbons (Fsp3) is 0.273. The van der Waals surface area contributed by atoms with Gasteiger partial charge in [-0.25, -0.2) is 9.99 Å². The van der Waals surface area contributed by atoms with Crippen molar-refractivity contribution in [1.29, 1.82) is 0 Å². The molecule has 1 amide bonds. The number of aromatic nitrogens is 1. The van der Waals surface area contributed by atoms with Crippen LogP contribution in [-0.2, 0) is 0 Å². The Labute approximate surface area is 194 Å². The van der Waals surface area contributed by atoms with Gasteiger partial charge >= 0.3 is 0 Å². The molecule has 8 heteroatoms. The van der Waals surface area contributed by atoms with Crippen LogP contribution in [0.3, 0.4) is 0 Å². The van der Waals surface area contributed by atoms with E-state index in [0.717, 1.165) is 41.9 Å². The van der Waals surface area contributed by atoms with Crippen molar-refractivity contribution >= 4 is 52.0 Å². The van der Waals surface area contributed by atoms with Gasteiger partial charge in [-0.05, 0) is 48.7 Å². The number of amides is 1. The molecule has 0 bridgehead atoms. The third-order valence-corrected chi connectivity index (χ3v) is 6.88. The highest BCUT2D eigenvalue weighted by Gasteiger charge is 2.22. The van der Waals surface area contributed by atoms with Crippen molar-refractivity contribution < 1.29 is 4.79 Å². The van der Waals surface area contributed by atoms with Gasteiger partial charge in [0.25, 0.3) is 5.91 Å². The average molecular weight is 481 g/mol. The van der Waals surface area contributed by atoms with Gasteiger partial charge in [0.1, 0.15) is 0 Å². The lowest BCUT2D eigenvalue weighted by atomic mass is 10.1. The Balaban J connectivity index is 1.71. The van der Waals surface area contributed by atoms with Crippen LogP contribution in [0.2, 0.25) is 15.1 Å². The lowest BCUT2D eigenvalue weighted by Gasteiger charge is -2.19. The molecule has 30 heavy (non-hydrogen) atoms. The maximum atomic E-state index is 13.0. The molecule has 2 aromatic carbocycles. The Morgan fingerprint density at radius 2 is 1.60 bits per heavy atom. The highest BCUT2D eigenvalue weighted by Crippen LogP contribution is 2.40. The number of thiazole rings is 1. The summed E-state index contributed by atoms with van der Waals surface area (Å²) in [4.78, 5) is 18.5. The minimum Gasteiger partial charge on any atom is -0.283 e. The Bertz CT molecular complexity index is 1040. The van der Waals surface area contributed by atoms with E-state index in [1.807, 2.05) is 35.3 Å². The zero-order chi connectivity index (χ0) is 21.1. The fourth-order valence-corrected chi connectivity index (χ4v) is 5.05. The summed E-state index contributed by atoms with van der Waals surface area (Å²) >= 11 is 19.9. The van der Waals surface area contributed by atoms with E-state index in [9.17, 15) is 4.79 Å². The molecule has 156 valence electrons. The van der Waals surface area contributed by atoms with Crippen LogP contribution in [0.1, 0.15) is 35.5 Å². The summed E-state index contributed by atoms with van der Waals surface area (Å²) in [5.41, 5.74) is 5.33. The molecule has 1 aliphatic rings. The van der Waals surface area contributed by atoms with E-state index in [4.69, 9.17) is 34.8 Å². The topological polar surface area (TPSA) is 45.2 Å². The summed E-state index contributed by atoms with van der Waals surface area (Å²) in [7, 11) is 0. The smallest absolute Gasteiger partial charge is 0.283 e. The standard InChI is InChI=1S/C22H20Cl3N3OS/c23-15-7-5-14(6-8-15)20-19(17-10-9-16(24)13-18(17)25)26-22(30-20)21(29)27-28-11-3-1-2-4-12-28/h5-10,13H,1-4,11-12H2,(H,27,29). The summed E-state index contributed by atoms with van der Waals surface area (Å²) in [6.07, 6.45) is 4.56. The molecule has 1 N–H and O–H groups in total. The lowest BCUT2D eigenvalue weighted by Crippen LogP contribution is -2.42. The first-order valence-electron chi connectivity index (χ1n) is 9.79. The van der Waals surface area contributed by atoms with Crippen LogP contribution in [0.25, 0.3) is 21.7 Å². The second-order valence-electron chi connectivity index (χ2n) is 7.17. The number of hydrogen-bond donors (Lipinski definition) is 1. The Morgan fingerprint density at radius 1 is 0.933 bits per heavy atom. The van der Waals surface area contributed by atoms with Crippen LogP contribution in [-0.4, -0.2) is 29.0 Å². The number of rotatable bonds is 4. The number of nitrogens with one attached hydrogen (secondary N) is 1. The molecule has 0 spiro atoms. The second kappa shape index (κ2) is 9.67. The molecule has 2 heterocycles. The molecule has 4 rings (SSSR count). The number of halogens is 3. The first kappa shape index (κ1) is 21.6. The fourth-order valence-electron chi connectivity index (χ4n) is 3.45. The summed E-state index contributed by atoms with van der Waals surface area (Å²) < 4.78 is 0. The number of nitrogens with zero attached hydrogens (tertiary/aromatic N) is 2. The van der Waals surface area contributed by atoms with E-state index >= 15 is 0 Å². The van der Waals surface area contributed by atoms with Crippen molar-refractivity contribution in [3.63, 3.8) is 0 Å². The molecule has 0 aliphatic carbocycles. The summed E-state index contributed by atoms with van der Waals surface area (Å²) in [6.45, 7) is 1.72. The van der Waals surface area contributed by atoms with Gasteiger partial charge in [0, 0.05) is 28.7 Å². The first-order chi connectivity index (χ1) is 14.5. The maximum Gasteiger partial charge on any atom is 0.294 e. The van der Waals surface area contributed by atoms with Crippen LogP contribution in [0.4, 0.5) is 0 Å². The van der Waals surface area contributed by atoms with Gasteiger partial charge in [-0.3, -0.25) is 10.2 Å². The van der Waals surface area contributed by atoms with Gasteiger partial charge in [-0.1, -0.05) is 59.8 Å². The number of benzene rings is 2. The third-order valence-electron chi connectivity index (χ3n) is 4.98. The van der Waals surface area contributed by atoms with Crippen molar-refractivity contribution in [3.05, 3.63) is 62.5 Å². The van der Waals surface area contributed by atoms with Crippen LogP contribution in [0, 0.1) is 0 Å². The molecule has 0 radical (unpaired) electrons. The predicted molar refractivity (Wildman–Crippen MR) is 126 cm³/mol. The molecule has 1 saturated heterocycles. The van der Waals surface area contributed by atoms with E-state index in [2.05, 4.69) is 10.4 Å². The number of carbonyl (C=O) groups excluding carboxylic acids is 1. The SMILES string of the molecule is O=C(NN1CCCCCC1)c1nc(-c2ccc(Cl)cc2Cl)c(-c2ccc(Cl)cc2)s1. The van der Waals surface area contributed by atoms with Gasteiger partial charge < -0.3 is 0 Å². The minimum absolute atomic E-state index is 0.201. The maximum absolute atomic E-state index is 13.0. The van der Waals surface area contributed by atoms with Crippen molar-refractivity contribution in [3.8, 4) is 21.7 Å². The number of hydrogen-bond acceptors (Lipinski definition) is 4. The van der Waals surface area contributed by atoms with Gasteiger partial charge in [0.05, 0.1) is 15.6 Å². The molecule has 0 unspecified atom stereocenters. The monoisotopic (exact) mass is 479 g/mol.